The molecule has 0 saturated carbocycles. The Morgan fingerprint density at radius 1 is 0.778 bits per heavy atom. The third-order valence-electron chi connectivity index (χ3n) is 5.27. The molecule has 0 radical (unpaired) electrons. The first-order valence-electron chi connectivity index (χ1n) is 9.95. The van der Waals surface area contributed by atoms with E-state index in [1.165, 1.54) is 32.8 Å². The van der Waals surface area contributed by atoms with E-state index in [1.807, 2.05) is 0 Å². The average Bonchev–Trinajstić information content (AvgIpc) is 2.66. The third-order valence-corrected chi connectivity index (χ3v) is 5.27. The fraction of sp³-hybridized carbons (Fsp3) is 0.269. The SMILES string of the molecule is CC(C)Cc1cccc2nc(-c3cccc4ccccc34)c(C(C)C)cc12. The summed E-state index contributed by atoms with van der Waals surface area (Å²) in [6.07, 6.45) is 1.09. The number of hydrogen-bond donors (Lipinski definition) is 0. The number of pyridine rings is 1. The molecule has 0 fully saturated rings. The highest BCUT2D eigenvalue weighted by molar-refractivity contribution is 5.98. The molecule has 1 nitrogen and oxygen atoms in total. The monoisotopic (exact) mass is 353 g/mol. The Labute approximate surface area is 162 Å². The molecule has 0 atom stereocenters. The molecule has 1 heterocycles. The first-order valence-corrected chi connectivity index (χ1v) is 9.95. The fourth-order valence-corrected chi connectivity index (χ4v) is 3.98. The normalized spacial score (nSPS) is 11.8. The number of aromatic nitrogens is 1. The van der Waals surface area contributed by atoms with Gasteiger partial charge >= 0.3 is 0 Å². The summed E-state index contributed by atoms with van der Waals surface area (Å²) in [6, 6.07) is 24.1. The van der Waals surface area contributed by atoms with Crippen LogP contribution in [-0.4, -0.2) is 4.98 Å². The van der Waals surface area contributed by atoms with Gasteiger partial charge in [-0.15, -0.1) is 0 Å². The van der Waals surface area contributed by atoms with Gasteiger partial charge in [0.25, 0.3) is 0 Å². The van der Waals surface area contributed by atoms with Gasteiger partial charge in [-0.05, 0) is 52.3 Å². The van der Waals surface area contributed by atoms with Crippen LogP contribution in [0.4, 0.5) is 0 Å². The van der Waals surface area contributed by atoms with Crippen molar-refractivity contribution in [3.8, 4) is 11.3 Å². The molecular formula is C26H27N. The second-order valence-corrected chi connectivity index (χ2v) is 8.19. The quantitative estimate of drug-likeness (QED) is 0.373. The number of benzene rings is 3. The zero-order chi connectivity index (χ0) is 19.0. The van der Waals surface area contributed by atoms with Crippen LogP contribution in [0, 0.1) is 5.92 Å². The van der Waals surface area contributed by atoms with Crippen molar-refractivity contribution in [1.82, 2.24) is 4.98 Å². The molecule has 0 saturated heterocycles. The summed E-state index contributed by atoms with van der Waals surface area (Å²) in [7, 11) is 0. The molecule has 0 aliphatic rings. The Morgan fingerprint density at radius 2 is 1.52 bits per heavy atom. The zero-order valence-corrected chi connectivity index (χ0v) is 16.7. The van der Waals surface area contributed by atoms with Gasteiger partial charge in [0, 0.05) is 10.9 Å². The largest absolute Gasteiger partial charge is 0.247 e. The first-order chi connectivity index (χ1) is 13.0. The standard InChI is InChI=1S/C26H27N/c1-17(2)15-20-11-8-14-25-24(20)16-23(18(3)4)26(27-25)22-13-7-10-19-9-5-6-12-21(19)22/h5-14,16-18H,15H2,1-4H3. The highest BCUT2D eigenvalue weighted by Gasteiger charge is 2.16. The van der Waals surface area contributed by atoms with Crippen LogP contribution < -0.4 is 0 Å². The van der Waals surface area contributed by atoms with Crippen LogP contribution in [0.1, 0.15) is 44.7 Å². The van der Waals surface area contributed by atoms with E-state index in [4.69, 9.17) is 4.98 Å². The molecule has 136 valence electrons. The van der Waals surface area contributed by atoms with Gasteiger partial charge in [-0.2, -0.15) is 0 Å². The van der Waals surface area contributed by atoms with Crippen molar-refractivity contribution in [3.05, 3.63) is 77.9 Å². The zero-order valence-electron chi connectivity index (χ0n) is 16.7. The molecule has 1 heteroatoms. The van der Waals surface area contributed by atoms with Gasteiger partial charge in [0.15, 0.2) is 0 Å². The highest BCUT2D eigenvalue weighted by atomic mass is 14.7. The lowest BCUT2D eigenvalue weighted by atomic mass is 9.91. The Hall–Kier alpha value is -2.67. The molecule has 4 rings (SSSR count). The summed E-state index contributed by atoms with van der Waals surface area (Å²) in [4.78, 5) is 5.18. The lowest BCUT2D eigenvalue weighted by Gasteiger charge is -2.17. The van der Waals surface area contributed by atoms with Gasteiger partial charge in [0.05, 0.1) is 11.2 Å². The maximum absolute atomic E-state index is 5.18. The molecule has 0 spiro atoms. The predicted molar refractivity (Wildman–Crippen MR) is 117 cm³/mol. The molecule has 0 aliphatic heterocycles. The van der Waals surface area contributed by atoms with Crippen LogP contribution in [0.3, 0.4) is 0 Å². The van der Waals surface area contributed by atoms with Crippen LogP contribution in [0.25, 0.3) is 32.9 Å². The smallest absolute Gasteiger partial charge is 0.0750 e. The Morgan fingerprint density at radius 3 is 2.30 bits per heavy atom. The van der Waals surface area contributed by atoms with E-state index in [9.17, 15) is 0 Å². The van der Waals surface area contributed by atoms with E-state index < -0.39 is 0 Å². The predicted octanol–water partition coefficient (Wildman–Crippen LogP) is 7.38. The summed E-state index contributed by atoms with van der Waals surface area (Å²) in [5.41, 5.74) is 6.18. The minimum atomic E-state index is 0.419. The van der Waals surface area contributed by atoms with Crippen LogP contribution in [0.2, 0.25) is 0 Å². The van der Waals surface area contributed by atoms with Gasteiger partial charge in [0.2, 0.25) is 0 Å². The second kappa shape index (κ2) is 7.15. The Bertz CT molecular complexity index is 1100. The van der Waals surface area contributed by atoms with E-state index in [-0.39, 0.29) is 0 Å². The van der Waals surface area contributed by atoms with Gasteiger partial charge in [-0.25, -0.2) is 4.98 Å². The number of hydrogen-bond acceptors (Lipinski definition) is 1. The number of nitrogens with zero attached hydrogens (tertiary/aromatic N) is 1. The molecular weight excluding hydrogens is 326 g/mol. The summed E-state index contributed by atoms with van der Waals surface area (Å²) in [5, 5.41) is 3.84. The number of rotatable bonds is 4. The minimum absolute atomic E-state index is 0.419. The van der Waals surface area contributed by atoms with Gasteiger partial charge < -0.3 is 0 Å². The van der Waals surface area contributed by atoms with Crippen molar-refractivity contribution in [3.63, 3.8) is 0 Å². The summed E-state index contributed by atoms with van der Waals surface area (Å²) in [5.74, 6) is 1.05. The van der Waals surface area contributed by atoms with E-state index in [2.05, 4.69) is 94.4 Å². The van der Waals surface area contributed by atoms with Crippen molar-refractivity contribution < 1.29 is 0 Å². The molecule has 0 bridgehead atoms. The van der Waals surface area contributed by atoms with Crippen molar-refractivity contribution in [2.75, 3.05) is 0 Å². The summed E-state index contributed by atoms with van der Waals surface area (Å²) in [6.45, 7) is 9.09. The lowest BCUT2D eigenvalue weighted by molar-refractivity contribution is 0.650. The Balaban J connectivity index is 2.01. The van der Waals surface area contributed by atoms with E-state index in [0.29, 0.717) is 11.8 Å². The van der Waals surface area contributed by atoms with E-state index in [0.717, 1.165) is 17.6 Å². The molecule has 0 aliphatic carbocycles. The average molecular weight is 354 g/mol. The lowest BCUT2D eigenvalue weighted by Crippen LogP contribution is -2.01. The van der Waals surface area contributed by atoms with Crippen molar-refractivity contribution in [2.45, 2.75) is 40.0 Å². The second-order valence-electron chi connectivity index (χ2n) is 8.19. The van der Waals surface area contributed by atoms with Crippen molar-refractivity contribution in [1.29, 1.82) is 0 Å². The highest BCUT2D eigenvalue weighted by Crippen LogP contribution is 2.35. The molecule has 3 aromatic carbocycles. The van der Waals surface area contributed by atoms with Crippen LogP contribution in [0.15, 0.2) is 66.7 Å². The van der Waals surface area contributed by atoms with E-state index >= 15 is 0 Å². The molecule has 4 aromatic rings. The van der Waals surface area contributed by atoms with Crippen LogP contribution >= 0.6 is 0 Å². The molecule has 0 amide bonds. The van der Waals surface area contributed by atoms with Gasteiger partial charge in [0.1, 0.15) is 0 Å². The van der Waals surface area contributed by atoms with Crippen LogP contribution in [0.5, 0.6) is 0 Å². The maximum Gasteiger partial charge on any atom is 0.0750 e. The fourth-order valence-electron chi connectivity index (χ4n) is 3.98. The van der Waals surface area contributed by atoms with Crippen LogP contribution in [-0.2, 0) is 6.42 Å². The van der Waals surface area contributed by atoms with Crippen molar-refractivity contribution >= 4 is 21.7 Å². The van der Waals surface area contributed by atoms with Crippen molar-refractivity contribution in [2.24, 2.45) is 5.92 Å². The third kappa shape index (κ3) is 3.35. The topological polar surface area (TPSA) is 12.9 Å². The minimum Gasteiger partial charge on any atom is -0.247 e. The molecule has 27 heavy (non-hydrogen) atoms. The Kier molecular flexibility index (Phi) is 4.70. The summed E-state index contributed by atoms with van der Waals surface area (Å²) >= 11 is 0. The molecule has 0 N–H and O–H groups in total. The molecule has 0 unspecified atom stereocenters. The van der Waals surface area contributed by atoms with E-state index in [1.54, 1.807) is 0 Å². The van der Waals surface area contributed by atoms with Gasteiger partial charge in [-0.1, -0.05) is 82.3 Å². The van der Waals surface area contributed by atoms with Gasteiger partial charge in [-0.3, -0.25) is 0 Å². The number of fused-ring (bicyclic) bond motifs is 2. The summed E-state index contributed by atoms with van der Waals surface area (Å²) < 4.78 is 0. The molecule has 1 aromatic heterocycles. The first kappa shape index (κ1) is 17.7. The maximum atomic E-state index is 5.18.